The summed E-state index contributed by atoms with van der Waals surface area (Å²) in [6, 6.07) is 40.5. The summed E-state index contributed by atoms with van der Waals surface area (Å²) in [4.78, 5) is 61.6. The highest BCUT2D eigenvalue weighted by atomic mass is 16.5. The average Bonchev–Trinajstić information content (AvgIpc) is 3.57. The molecule has 0 spiro atoms. The summed E-state index contributed by atoms with van der Waals surface area (Å²) < 4.78 is 5.48. The predicted molar refractivity (Wildman–Crippen MR) is 219 cm³/mol. The van der Waals surface area contributed by atoms with Gasteiger partial charge in [0, 0.05) is 55.6 Å². The first kappa shape index (κ1) is 39.1. The zero-order chi connectivity index (χ0) is 40.3. The van der Waals surface area contributed by atoms with E-state index in [9.17, 15) is 24.3 Å². The molecular weight excluding hydrogens is 733 g/mol. The fourth-order valence-corrected chi connectivity index (χ4v) is 7.04. The van der Waals surface area contributed by atoms with Gasteiger partial charge in [-0.3, -0.25) is 24.5 Å². The van der Waals surface area contributed by atoms with Crippen molar-refractivity contribution in [2.75, 3.05) is 18.5 Å². The van der Waals surface area contributed by atoms with Crippen molar-refractivity contribution in [1.82, 2.24) is 25.5 Å². The third kappa shape index (κ3) is 10.2. The van der Waals surface area contributed by atoms with Crippen LogP contribution in [-0.2, 0) is 40.4 Å². The molecule has 1 aliphatic rings. The van der Waals surface area contributed by atoms with E-state index in [1.54, 1.807) is 48.8 Å². The molecule has 0 saturated heterocycles. The van der Waals surface area contributed by atoms with Gasteiger partial charge in [-0.15, -0.1) is 0 Å². The zero-order valence-electron chi connectivity index (χ0n) is 31.6. The number of nitrogens with one attached hydrogen (secondary N) is 3. The number of rotatable bonds is 16. The molecule has 0 saturated carbocycles. The van der Waals surface area contributed by atoms with E-state index in [4.69, 9.17) is 4.74 Å². The second-order valence-corrected chi connectivity index (χ2v) is 14.0. The van der Waals surface area contributed by atoms with Crippen LogP contribution in [-0.4, -0.2) is 63.0 Å². The maximum atomic E-state index is 13.1. The molecule has 12 heteroatoms. The lowest BCUT2D eigenvalue weighted by molar-refractivity contribution is -0.141. The van der Waals surface area contributed by atoms with Crippen molar-refractivity contribution < 1.29 is 29.0 Å². The van der Waals surface area contributed by atoms with Gasteiger partial charge in [0.15, 0.2) is 0 Å². The molecule has 0 bridgehead atoms. The van der Waals surface area contributed by atoms with Gasteiger partial charge in [-0.2, -0.15) is 0 Å². The maximum absolute atomic E-state index is 13.1. The van der Waals surface area contributed by atoms with Gasteiger partial charge in [0.2, 0.25) is 5.91 Å². The zero-order valence-corrected chi connectivity index (χ0v) is 31.6. The third-order valence-electron chi connectivity index (χ3n) is 9.87. The van der Waals surface area contributed by atoms with Crippen LogP contribution in [0.4, 0.5) is 10.5 Å². The maximum Gasteiger partial charge on any atom is 0.407 e. The van der Waals surface area contributed by atoms with Crippen molar-refractivity contribution in [3.05, 3.63) is 185 Å². The monoisotopic (exact) mass is 774 g/mol. The van der Waals surface area contributed by atoms with Crippen molar-refractivity contribution in [3.8, 4) is 11.1 Å². The second kappa shape index (κ2) is 18.6. The van der Waals surface area contributed by atoms with Crippen LogP contribution in [0.2, 0.25) is 0 Å². The number of anilines is 1. The van der Waals surface area contributed by atoms with Gasteiger partial charge in [0.1, 0.15) is 19.2 Å². The van der Waals surface area contributed by atoms with Crippen molar-refractivity contribution in [2.24, 2.45) is 0 Å². The van der Waals surface area contributed by atoms with E-state index in [-0.39, 0.29) is 24.9 Å². The summed E-state index contributed by atoms with van der Waals surface area (Å²) >= 11 is 0. The number of aliphatic carboxylic acids is 1. The van der Waals surface area contributed by atoms with Gasteiger partial charge in [-0.1, -0.05) is 84.9 Å². The number of amides is 3. The van der Waals surface area contributed by atoms with Crippen molar-refractivity contribution in [3.63, 3.8) is 0 Å². The number of alkyl carbamates (subject to hydrolysis) is 1. The number of carboxylic acids is 1. The normalized spacial score (nSPS) is 12.2. The molecule has 0 aliphatic heterocycles. The van der Waals surface area contributed by atoms with Crippen LogP contribution in [0, 0.1) is 0 Å². The molecule has 0 unspecified atom stereocenters. The first-order chi connectivity index (χ1) is 28.3. The minimum atomic E-state index is -1.25. The standard InChI is InChI=1S/C46H42N6O6/c53-43(26-49-46(57)58-30-41-39-13-3-1-11-37(39)38-12-2-4-14-40(38)41)51-42(45(55)56)25-31-17-21-34(22-18-31)50-44(54)33-19-15-32(16-20-33)27-52(28-35-9-5-7-23-47-35)29-36-10-6-8-24-48-36/h1-24,41-42H,25-30H2,(H,49,57)(H,50,54)(H,51,53)(H,55,56)/t42-/m0/s1. The Morgan fingerprint density at radius 1 is 0.672 bits per heavy atom. The number of fused-ring (bicyclic) bond motifs is 3. The van der Waals surface area contributed by atoms with Gasteiger partial charge in [0.25, 0.3) is 5.91 Å². The first-order valence-electron chi connectivity index (χ1n) is 18.9. The summed E-state index contributed by atoms with van der Waals surface area (Å²) in [7, 11) is 0. The Bertz CT molecular complexity index is 2270. The van der Waals surface area contributed by atoms with E-state index in [1.165, 1.54) is 0 Å². The quantitative estimate of drug-likeness (QED) is 0.0851. The Balaban J connectivity index is 0.870. The Morgan fingerprint density at radius 2 is 1.24 bits per heavy atom. The number of hydrogen-bond acceptors (Lipinski definition) is 8. The van der Waals surface area contributed by atoms with Gasteiger partial charge >= 0.3 is 12.1 Å². The smallest absolute Gasteiger partial charge is 0.407 e. The number of hydrogen-bond donors (Lipinski definition) is 4. The van der Waals surface area contributed by atoms with Crippen molar-refractivity contribution in [1.29, 1.82) is 0 Å². The summed E-state index contributed by atoms with van der Waals surface area (Å²) in [6.45, 7) is 1.53. The van der Waals surface area contributed by atoms with Crippen LogP contribution in [0.3, 0.4) is 0 Å². The molecule has 12 nitrogen and oxygen atoms in total. The number of ether oxygens (including phenoxy) is 1. The molecule has 58 heavy (non-hydrogen) atoms. The fourth-order valence-electron chi connectivity index (χ4n) is 7.04. The molecule has 0 radical (unpaired) electrons. The van der Waals surface area contributed by atoms with Gasteiger partial charge in [-0.05, 0) is 81.9 Å². The number of carboxylic acid groups (broad SMARTS) is 1. The van der Waals surface area contributed by atoms with E-state index in [1.807, 2.05) is 97.1 Å². The Morgan fingerprint density at radius 3 is 1.81 bits per heavy atom. The Labute approximate surface area is 335 Å². The highest BCUT2D eigenvalue weighted by molar-refractivity contribution is 6.04. The Hall–Kier alpha value is -7.18. The minimum Gasteiger partial charge on any atom is -0.480 e. The molecular formula is C46H42N6O6. The van der Waals surface area contributed by atoms with Crippen LogP contribution in [0.5, 0.6) is 0 Å². The van der Waals surface area contributed by atoms with Gasteiger partial charge in [0.05, 0.1) is 11.4 Å². The number of benzene rings is 4. The fraction of sp³-hybridized carbons (Fsp3) is 0.174. The van der Waals surface area contributed by atoms with E-state index in [0.29, 0.717) is 36.4 Å². The van der Waals surface area contributed by atoms with Gasteiger partial charge in [-0.25, -0.2) is 9.59 Å². The van der Waals surface area contributed by atoms with E-state index >= 15 is 0 Å². The number of pyridine rings is 2. The molecule has 0 fully saturated rings. The van der Waals surface area contributed by atoms with Crippen LogP contribution in [0.1, 0.15) is 49.9 Å². The Kier molecular flexibility index (Phi) is 12.6. The van der Waals surface area contributed by atoms with Crippen LogP contribution >= 0.6 is 0 Å². The second-order valence-electron chi connectivity index (χ2n) is 14.0. The SMILES string of the molecule is O=C(CNC(=O)OCC1c2ccccc2-c2ccccc21)N[C@@H](Cc1ccc(NC(=O)c2ccc(CN(Cc3ccccn3)Cc3ccccn3)cc2)cc1)C(=O)O. The molecule has 4 aromatic carbocycles. The van der Waals surface area contributed by atoms with Crippen LogP contribution in [0.25, 0.3) is 11.1 Å². The first-order valence-corrected chi connectivity index (χ1v) is 18.9. The minimum absolute atomic E-state index is 0.0145. The molecule has 2 aromatic heterocycles. The molecule has 4 N–H and O–H groups in total. The van der Waals surface area contributed by atoms with Gasteiger partial charge < -0.3 is 25.8 Å². The lowest BCUT2D eigenvalue weighted by Gasteiger charge is -2.22. The van der Waals surface area contributed by atoms with Crippen LogP contribution < -0.4 is 16.0 Å². The molecule has 1 aliphatic carbocycles. The molecule has 3 amide bonds. The number of carbonyl (C=O) groups is 4. The highest BCUT2D eigenvalue weighted by Gasteiger charge is 2.29. The van der Waals surface area contributed by atoms with E-state index < -0.39 is 30.6 Å². The average molecular weight is 775 g/mol. The summed E-state index contributed by atoms with van der Waals surface area (Å²) in [5, 5.41) is 17.6. The van der Waals surface area contributed by atoms with E-state index in [0.717, 1.165) is 39.2 Å². The lowest BCUT2D eigenvalue weighted by Crippen LogP contribution is -2.46. The molecule has 6 aromatic rings. The highest BCUT2D eigenvalue weighted by Crippen LogP contribution is 2.44. The van der Waals surface area contributed by atoms with Crippen molar-refractivity contribution in [2.45, 2.75) is 38.0 Å². The number of nitrogens with zero attached hydrogens (tertiary/aromatic N) is 3. The molecule has 292 valence electrons. The molecule has 1 atom stereocenters. The summed E-state index contributed by atoms with van der Waals surface area (Å²) in [5.41, 5.74) is 8.88. The lowest BCUT2D eigenvalue weighted by atomic mass is 9.98. The largest absolute Gasteiger partial charge is 0.480 e. The molecule has 7 rings (SSSR count). The summed E-state index contributed by atoms with van der Waals surface area (Å²) in [5.74, 6) is -2.33. The van der Waals surface area contributed by atoms with E-state index in [2.05, 4.69) is 30.8 Å². The third-order valence-corrected chi connectivity index (χ3v) is 9.87. The topological polar surface area (TPSA) is 163 Å². The van der Waals surface area contributed by atoms with Crippen molar-refractivity contribution >= 4 is 29.6 Å². The predicted octanol–water partition coefficient (Wildman–Crippen LogP) is 6.58. The summed E-state index contributed by atoms with van der Waals surface area (Å²) in [6.07, 6.45) is 2.76. The number of carbonyl (C=O) groups excluding carboxylic acids is 3. The van der Waals surface area contributed by atoms with Crippen LogP contribution in [0.15, 0.2) is 146 Å². The number of aromatic nitrogens is 2. The molecule has 2 heterocycles.